The highest BCUT2D eigenvalue weighted by molar-refractivity contribution is 5.32. The van der Waals surface area contributed by atoms with Crippen LogP contribution in [0.1, 0.15) is 25.8 Å². The zero-order valence-electron chi connectivity index (χ0n) is 10.8. The lowest BCUT2D eigenvalue weighted by Crippen LogP contribution is -2.31. The molecular formula is C13H20N2O3. The zero-order chi connectivity index (χ0) is 13.5. The minimum absolute atomic E-state index is 0.0957. The molecule has 0 spiro atoms. The molecule has 0 fully saturated rings. The molecule has 0 amide bonds. The molecule has 2 unspecified atom stereocenters. The summed E-state index contributed by atoms with van der Waals surface area (Å²) < 4.78 is 0. The van der Waals surface area contributed by atoms with Crippen molar-refractivity contribution >= 4 is 5.69 Å². The Labute approximate surface area is 107 Å². The summed E-state index contributed by atoms with van der Waals surface area (Å²) >= 11 is 0. The fraction of sp³-hybridized carbons (Fsp3) is 0.538. The second-order valence-corrected chi connectivity index (χ2v) is 4.51. The van der Waals surface area contributed by atoms with Crippen LogP contribution in [0.25, 0.3) is 0 Å². The molecular weight excluding hydrogens is 232 g/mol. The molecule has 0 saturated carbocycles. The van der Waals surface area contributed by atoms with Crippen LogP contribution in [0, 0.1) is 16.0 Å². The predicted molar refractivity (Wildman–Crippen MR) is 70.3 cm³/mol. The van der Waals surface area contributed by atoms with Gasteiger partial charge in [0.25, 0.3) is 5.69 Å². The van der Waals surface area contributed by atoms with E-state index in [0.29, 0.717) is 13.1 Å². The summed E-state index contributed by atoms with van der Waals surface area (Å²) in [5.74, 6) is 0.273. The van der Waals surface area contributed by atoms with Crippen LogP contribution < -0.4 is 5.32 Å². The molecule has 1 rings (SSSR count). The summed E-state index contributed by atoms with van der Waals surface area (Å²) in [6.45, 7) is 5.19. The number of nitro benzene ring substituents is 1. The van der Waals surface area contributed by atoms with E-state index in [1.54, 1.807) is 12.1 Å². The monoisotopic (exact) mass is 252 g/mol. The lowest BCUT2D eigenvalue weighted by molar-refractivity contribution is -0.384. The fourth-order valence-corrected chi connectivity index (χ4v) is 1.57. The third-order valence-electron chi connectivity index (χ3n) is 3.13. The van der Waals surface area contributed by atoms with Crippen LogP contribution in [0.4, 0.5) is 5.69 Å². The summed E-state index contributed by atoms with van der Waals surface area (Å²) in [5.41, 5.74) is 1.07. The van der Waals surface area contributed by atoms with E-state index in [4.69, 9.17) is 0 Å². The number of nitrogens with zero attached hydrogens (tertiary/aromatic N) is 1. The van der Waals surface area contributed by atoms with Gasteiger partial charge in [-0.05, 0) is 11.5 Å². The summed E-state index contributed by atoms with van der Waals surface area (Å²) in [4.78, 5) is 10.1. The van der Waals surface area contributed by atoms with Gasteiger partial charge in [0.15, 0.2) is 0 Å². The van der Waals surface area contributed by atoms with E-state index in [1.807, 2.05) is 13.8 Å². The minimum Gasteiger partial charge on any atom is -0.392 e. The highest BCUT2D eigenvalue weighted by Gasteiger charge is 2.11. The molecule has 0 radical (unpaired) electrons. The Bertz CT molecular complexity index is 378. The maximum Gasteiger partial charge on any atom is 0.269 e. The Morgan fingerprint density at radius 3 is 2.50 bits per heavy atom. The molecule has 5 heteroatoms. The van der Waals surface area contributed by atoms with Crippen molar-refractivity contribution in [3.05, 3.63) is 39.9 Å². The van der Waals surface area contributed by atoms with E-state index >= 15 is 0 Å². The second-order valence-electron chi connectivity index (χ2n) is 4.51. The number of aliphatic hydroxyl groups is 1. The summed E-state index contributed by atoms with van der Waals surface area (Å²) in [5, 5.41) is 23.4. The van der Waals surface area contributed by atoms with Crippen molar-refractivity contribution in [1.82, 2.24) is 5.32 Å². The van der Waals surface area contributed by atoms with Gasteiger partial charge >= 0.3 is 0 Å². The first-order chi connectivity index (χ1) is 8.54. The second kappa shape index (κ2) is 7.08. The molecule has 18 heavy (non-hydrogen) atoms. The Kier molecular flexibility index (Phi) is 5.74. The van der Waals surface area contributed by atoms with Crippen LogP contribution in [-0.4, -0.2) is 22.7 Å². The quantitative estimate of drug-likeness (QED) is 0.575. The van der Waals surface area contributed by atoms with Crippen LogP contribution in [0.5, 0.6) is 0 Å². The Morgan fingerprint density at radius 1 is 1.39 bits per heavy atom. The van der Waals surface area contributed by atoms with Crippen LogP contribution in [0.2, 0.25) is 0 Å². The van der Waals surface area contributed by atoms with Gasteiger partial charge in [0, 0.05) is 25.2 Å². The number of nitrogens with one attached hydrogen (secondary N) is 1. The van der Waals surface area contributed by atoms with Crippen molar-refractivity contribution < 1.29 is 10.0 Å². The van der Waals surface area contributed by atoms with Gasteiger partial charge in [0.05, 0.1) is 11.0 Å². The molecule has 1 aromatic rings. The average Bonchev–Trinajstić information content (AvgIpc) is 2.38. The van der Waals surface area contributed by atoms with Crippen LogP contribution in [0.15, 0.2) is 24.3 Å². The van der Waals surface area contributed by atoms with E-state index in [-0.39, 0.29) is 17.7 Å². The molecule has 100 valence electrons. The molecule has 0 heterocycles. The molecule has 0 aliphatic carbocycles. The van der Waals surface area contributed by atoms with Gasteiger partial charge in [-0.2, -0.15) is 0 Å². The largest absolute Gasteiger partial charge is 0.392 e. The van der Waals surface area contributed by atoms with Gasteiger partial charge in [0.2, 0.25) is 0 Å². The van der Waals surface area contributed by atoms with Gasteiger partial charge in [0.1, 0.15) is 0 Å². The molecule has 0 bridgehead atoms. The first-order valence-electron chi connectivity index (χ1n) is 6.16. The third-order valence-corrected chi connectivity index (χ3v) is 3.13. The molecule has 1 aromatic carbocycles. The first kappa shape index (κ1) is 14.6. The van der Waals surface area contributed by atoms with Crippen molar-refractivity contribution in [3.63, 3.8) is 0 Å². The number of non-ortho nitro benzene ring substituents is 1. The normalized spacial score (nSPS) is 14.2. The Morgan fingerprint density at radius 2 is 2.00 bits per heavy atom. The van der Waals surface area contributed by atoms with E-state index in [9.17, 15) is 15.2 Å². The van der Waals surface area contributed by atoms with Gasteiger partial charge in [-0.3, -0.25) is 10.1 Å². The number of nitro groups is 1. The highest BCUT2D eigenvalue weighted by Crippen LogP contribution is 2.12. The number of hydrogen-bond acceptors (Lipinski definition) is 4. The number of hydrogen-bond donors (Lipinski definition) is 2. The van der Waals surface area contributed by atoms with E-state index in [1.165, 1.54) is 12.1 Å². The van der Waals surface area contributed by atoms with Gasteiger partial charge in [-0.25, -0.2) is 0 Å². The zero-order valence-corrected chi connectivity index (χ0v) is 10.8. The van der Waals surface area contributed by atoms with Crippen molar-refractivity contribution in [1.29, 1.82) is 0 Å². The third kappa shape index (κ3) is 4.43. The van der Waals surface area contributed by atoms with E-state index in [0.717, 1.165) is 12.0 Å². The SMILES string of the molecule is CCC(C)C(O)CNCc1ccc([N+](=O)[O-])cc1. The first-order valence-corrected chi connectivity index (χ1v) is 6.16. The van der Waals surface area contributed by atoms with E-state index < -0.39 is 4.92 Å². The summed E-state index contributed by atoms with van der Waals surface area (Å²) in [6.07, 6.45) is 0.591. The standard InChI is InChI=1S/C13H20N2O3/c1-3-10(2)13(16)9-14-8-11-4-6-12(7-5-11)15(17)18/h4-7,10,13-14,16H,3,8-9H2,1-2H3. The summed E-state index contributed by atoms with van der Waals surface area (Å²) in [7, 11) is 0. The summed E-state index contributed by atoms with van der Waals surface area (Å²) in [6, 6.07) is 6.42. The molecule has 2 atom stereocenters. The molecule has 0 aromatic heterocycles. The molecule has 5 nitrogen and oxygen atoms in total. The smallest absolute Gasteiger partial charge is 0.269 e. The van der Waals surface area contributed by atoms with Crippen LogP contribution in [0.3, 0.4) is 0 Å². The Balaban J connectivity index is 2.38. The lowest BCUT2D eigenvalue weighted by atomic mass is 10.0. The van der Waals surface area contributed by atoms with Gasteiger partial charge in [-0.1, -0.05) is 32.4 Å². The maximum atomic E-state index is 10.5. The number of rotatable bonds is 7. The highest BCUT2D eigenvalue weighted by atomic mass is 16.6. The van der Waals surface area contributed by atoms with Crippen molar-refractivity contribution in [3.8, 4) is 0 Å². The van der Waals surface area contributed by atoms with Gasteiger partial charge < -0.3 is 10.4 Å². The van der Waals surface area contributed by atoms with Crippen molar-refractivity contribution in [2.75, 3.05) is 6.54 Å². The van der Waals surface area contributed by atoms with E-state index in [2.05, 4.69) is 5.32 Å². The van der Waals surface area contributed by atoms with Crippen molar-refractivity contribution in [2.45, 2.75) is 32.9 Å². The van der Waals surface area contributed by atoms with Crippen LogP contribution in [-0.2, 0) is 6.54 Å². The number of aliphatic hydroxyl groups excluding tert-OH is 1. The number of benzene rings is 1. The maximum absolute atomic E-state index is 10.5. The molecule has 0 saturated heterocycles. The fourth-order valence-electron chi connectivity index (χ4n) is 1.57. The average molecular weight is 252 g/mol. The van der Waals surface area contributed by atoms with Gasteiger partial charge in [-0.15, -0.1) is 0 Å². The van der Waals surface area contributed by atoms with Crippen molar-refractivity contribution in [2.24, 2.45) is 5.92 Å². The molecule has 0 aliphatic rings. The lowest BCUT2D eigenvalue weighted by Gasteiger charge is -2.17. The molecule has 2 N–H and O–H groups in total. The van der Waals surface area contributed by atoms with Crippen LogP contribution >= 0.6 is 0 Å². The topological polar surface area (TPSA) is 75.4 Å². The predicted octanol–water partition coefficient (Wildman–Crippen LogP) is 2.09. The Hall–Kier alpha value is -1.46. The minimum atomic E-state index is -0.413. The molecule has 0 aliphatic heterocycles.